The Kier molecular flexibility index (Phi) is 2.79. The van der Waals surface area contributed by atoms with Gasteiger partial charge in [-0.2, -0.15) is 0 Å². The van der Waals surface area contributed by atoms with Crippen molar-refractivity contribution in [2.45, 2.75) is 19.8 Å². The van der Waals surface area contributed by atoms with Crippen LogP contribution in [0.5, 0.6) is 5.88 Å². The van der Waals surface area contributed by atoms with Crippen molar-refractivity contribution in [3.05, 3.63) is 63.4 Å². The molecule has 1 aliphatic carbocycles. The van der Waals surface area contributed by atoms with Crippen molar-refractivity contribution in [3.63, 3.8) is 0 Å². The average molecular weight is 291 g/mol. The molecule has 0 spiro atoms. The first-order valence-electron chi connectivity index (χ1n) is 7.47. The van der Waals surface area contributed by atoms with Gasteiger partial charge >= 0.3 is 0 Å². The summed E-state index contributed by atoms with van der Waals surface area (Å²) in [6.45, 7) is 2.18. The Hall–Kier alpha value is -2.62. The molecule has 0 amide bonds. The van der Waals surface area contributed by atoms with Crippen LogP contribution in [0.3, 0.4) is 0 Å². The minimum atomic E-state index is 0.581. The van der Waals surface area contributed by atoms with Crippen LogP contribution in [0.15, 0.2) is 41.2 Å². The van der Waals surface area contributed by atoms with Gasteiger partial charge in [0, 0.05) is 34.3 Å². The summed E-state index contributed by atoms with van der Waals surface area (Å²) >= 11 is 0. The summed E-state index contributed by atoms with van der Waals surface area (Å²) in [5.41, 5.74) is 13.0. The lowest BCUT2D eigenvalue weighted by molar-refractivity contribution is 0.397. The van der Waals surface area contributed by atoms with E-state index in [1.807, 2.05) is 18.3 Å². The van der Waals surface area contributed by atoms with Gasteiger partial charge in [-0.15, -0.1) is 0 Å². The molecule has 0 unspecified atom stereocenters. The Morgan fingerprint density at radius 3 is 2.95 bits per heavy atom. The molecule has 4 rings (SSSR count). The summed E-state index contributed by atoms with van der Waals surface area (Å²) in [5.74, 6) is 0.581. The number of ether oxygens (including phenoxy) is 1. The maximum absolute atomic E-state index is 6.30. The lowest BCUT2D eigenvalue weighted by atomic mass is 9.85. The number of hydrogen-bond acceptors (Lipinski definition) is 4. The number of hydrogen-bond donors (Lipinski definition) is 1. The van der Waals surface area contributed by atoms with E-state index in [1.54, 1.807) is 7.11 Å². The molecule has 2 N–H and O–H groups in total. The molecule has 0 bridgehead atoms. The molecule has 1 aliphatic heterocycles. The minimum Gasteiger partial charge on any atom is -0.481 e. The van der Waals surface area contributed by atoms with Crippen molar-refractivity contribution >= 4 is 11.3 Å². The fraction of sp³-hybridized carbons (Fsp3) is 0.222. The van der Waals surface area contributed by atoms with Crippen LogP contribution in [-0.4, -0.2) is 12.1 Å². The van der Waals surface area contributed by atoms with Crippen molar-refractivity contribution < 1.29 is 4.74 Å². The number of aromatic nitrogens is 1. The van der Waals surface area contributed by atoms with Crippen LogP contribution in [0.1, 0.15) is 23.6 Å². The van der Waals surface area contributed by atoms with Gasteiger partial charge in [0.05, 0.1) is 18.2 Å². The number of nitrogen functional groups attached to an aromatic ring is 1. The summed E-state index contributed by atoms with van der Waals surface area (Å²) in [4.78, 5) is 9.06. The summed E-state index contributed by atoms with van der Waals surface area (Å²) in [5, 5.41) is 1.94. The molecule has 0 fully saturated rings. The predicted molar refractivity (Wildman–Crippen MR) is 86.1 cm³/mol. The zero-order valence-electron chi connectivity index (χ0n) is 12.7. The molecule has 0 saturated heterocycles. The van der Waals surface area contributed by atoms with E-state index in [9.17, 15) is 0 Å². The molecule has 0 saturated carbocycles. The lowest BCUT2D eigenvalue weighted by Gasteiger charge is -2.21. The second-order valence-corrected chi connectivity index (χ2v) is 5.55. The quantitative estimate of drug-likeness (QED) is 0.853. The normalized spacial score (nSPS) is 14.6. The van der Waals surface area contributed by atoms with E-state index in [1.165, 1.54) is 11.1 Å². The summed E-state index contributed by atoms with van der Waals surface area (Å²) < 4.78 is 5.20. The third-order valence-corrected chi connectivity index (χ3v) is 4.41. The van der Waals surface area contributed by atoms with Crippen LogP contribution in [0, 0.1) is 0 Å². The third-order valence-electron chi connectivity index (χ3n) is 4.41. The molecule has 4 nitrogen and oxygen atoms in total. The van der Waals surface area contributed by atoms with Crippen LogP contribution < -0.4 is 21.0 Å². The van der Waals surface area contributed by atoms with E-state index in [-0.39, 0.29) is 0 Å². The number of fused-ring (bicyclic) bond motifs is 4. The van der Waals surface area contributed by atoms with E-state index in [2.05, 4.69) is 24.1 Å². The van der Waals surface area contributed by atoms with Gasteiger partial charge in [0.2, 0.25) is 5.88 Å². The predicted octanol–water partition coefficient (Wildman–Crippen LogP) is 1.51. The molecule has 1 aromatic carbocycles. The number of nitrogens with zero attached hydrogens (tertiary/aromatic N) is 2. The number of pyridine rings is 1. The van der Waals surface area contributed by atoms with Crippen molar-refractivity contribution in [1.29, 1.82) is 0 Å². The van der Waals surface area contributed by atoms with Crippen molar-refractivity contribution in [2.24, 2.45) is 4.99 Å². The molecule has 110 valence electrons. The molecule has 2 aliphatic rings. The fourth-order valence-corrected chi connectivity index (χ4v) is 3.32. The highest BCUT2D eigenvalue weighted by atomic mass is 16.5. The number of rotatable bonds is 2. The molecular formula is C18H17N3O. The first-order valence-corrected chi connectivity index (χ1v) is 7.47. The molecule has 22 heavy (non-hydrogen) atoms. The van der Waals surface area contributed by atoms with Crippen LogP contribution in [0.4, 0.5) is 5.69 Å². The second kappa shape index (κ2) is 4.70. The van der Waals surface area contributed by atoms with E-state index < -0.39 is 0 Å². The first-order chi connectivity index (χ1) is 10.7. The van der Waals surface area contributed by atoms with Crippen molar-refractivity contribution in [3.8, 4) is 5.88 Å². The highest BCUT2D eigenvalue weighted by Gasteiger charge is 2.25. The van der Waals surface area contributed by atoms with E-state index >= 15 is 0 Å². The number of nitrogens with two attached hydrogens (primary N) is 1. The third kappa shape index (κ3) is 1.70. The number of anilines is 1. The molecule has 2 heterocycles. The number of methoxy groups -OCH3 is 1. The zero-order chi connectivity index (χ0) is 15.3. The molecule has 0 atom stereocenters. The number of benzene rings is 1. The van der Waals surface area contributed by atoms with Crippen LogP contribution >= 0.6 is 0 Å². The van der Waals surface area contributed by atoms with E-state index in [0.717, 1.165) is 45.9 Å². The van der Waals surface area contributed by atoms with Crippen molar-refractivity contribution in [2.75, 3.05) is 12.8 Å². The van der Waals surface area contributed by atoms with Crippen LogP contribution in [-0.2, 0) is 12.8 Å². The summed E-state index contributed by atoms with van der Waals surface area (Å²) in [6, 6.07) is 6.01. The minimum absolute atomic E-state index is 0.581. The lowest BCUT2D eigenvalue weighted by Crippen LogP contribution is -2.25. The first kappa shape index (κ1) is 13.1. The Balaban J connectivity index is 2.09. The molecule has 0 radical (unpaired) electrons. The molecule has 4 heteroatoms. The van der Waals surface area contributed by atoms with E-state index in [4.69, 9.17) is 15.5 Å². The maximum Gasteiger partial charge on any atom is 0.215 e. The smallest absolute Gasteiger partial charge is 0.215 e. The van der Waals surface area contributed by atoms with Crippen LogP contribution in [0.25, 0.3) is 5.57 Å². The monoisotopic (exact) mass is 291 g/mol. The van der Waals surface area contributed by atoms with Gasteiger partial charge in [-0.3, -0.25) is 0 Å². The Bertz CT molecular complexity index is 942. The summed E-state index contributed by atoms with van der Waals surface area (Å²) in [6.07, 6.45) is 5.90. The molecular weight excluding hydrogens is 274 g/mol. The Morgan fingerprint density at radius 2 is 2.18 bits per heavy atom. The summed E-state index contributed by atoms with van der Waals surface area (Å²) in [7, 11) is 1.62. The topological polar surface area (TPSA) is 60.5 Å². The van der Waals surface area contributed by atoms with Crippen LogP contribution in [0.2, 0.25) is 0 Å². The van der Waals surface area contributed by atoms with Gasteiger partial charge in [-0.05, 0) is 30.0 Å². The van der Waals surface area contributed by atoms with Gasteiger partial charge in [-0.25, -0.2) is 9.98 Å². The maximum atomic E-state index is 6.30. The highest BCUT2D eigenvalue weighted by molar-refractivity contribution is 5.89. The zero-order valence-corrected chi connectivity index (χ0v) is 12.7. The van der Waals surface area contributed by atoms with Crippen molar-refractivity contribution in [1.82, 2.24) is 4.98 Å². The molecule has 1 aromatic heterocycles. The largest absolute Gasteiger partial charge is 0.481 e. The van der Waals surface area contributed by atoms with Gasteiger partial charge in [0.1, 0.15) is 0 Å². The van der Waals surface area contributed by atoms with Gasteiger partial charge in [0.15, 0.2) is 0 Å². The van der Waals surface area contributed by atoms with Gasteiger partial charge in [0.25, 0.3) is 0 Å². The van der Waals surface area contributed by atoms with E-state index in [0.29, 0.717) is 5.88 Å². The molecule has 2 aromatic rings. The van der Waals surface area contributed by atoms with Gasteiger partial charge in [-0.1, -0.05) is 19.1 Å². The average Bonchev–Trinajstić information content (AvgIpc) is 2.92. The number of aryl methyl sites for hydroxylation is 1. The second-order valence-electron chi connectivity index (χ2n) is 5.55. The SMILES string of the molecule is CCc1ccc(N)c2c1CC=C1N=c3cc(OC)ncc3=C12. The fourth-order valence-electron chi connectivity index (χ4n) is 3.32. The Labute approximate surface area is 128 Å². The number of allylic oxidation sites excluding steroid dienone is 2. The standard InChI is InChI=1S/C18H17N3O/c1-3-10-4-6-13(19)17-11(10)5-7-14-18(17)12-9-20-16(22-2)8-15(12)21-14/h4,6-9H,3,5,19H2,1-2H3. The Morgan fingerprint density at radius 1 is 1.32 bits per heavy atom. The van der Waals surface area contributed by atoms with Gasteiger partial charge < -0.3 is 10.5 Å². The highest BCUT2D eigenvalue weighted by Crippen LogP contribution is 2.37.